The maximum atomic E-state index is 14.3. The van der Waals surface area contributed by atoms with Crippen molar-refractivity contribution < 1.29 is 18.4 Å². The van der Waals surface area contributed by atoms with Crippen molar-refractivity contribution in [2.24, 2.45) is 11.0 Å². The summed E-state index contributed by atoms with van der Waals surface area (Å²) in [6, 6.07) is 11.6. The molecule has 0 radical (unpaired) electrons. The highest BCUT2D eigenvalue weighted by Crippen LogP contribution is 2.34. The number of benzene rings is 2. The number of halogens is 2. The van der Waals surface area contributed by atoms with E-state index in [0.29, 0.717) is 23.3 Å². The highest BCUT2D eigenvalue weighted by molar-refractivity contribution is 6.03. The molecular formula is C23H23F2N3O2. The van der Waals surface area contributed by atoms with E-state index < -0.39 is 11.9 Å². The lowest BCUT2D eigenvalue weighted by molar-refractivity contribution is -0.144. The van der Waals surface area contributed by atoms with Gasteiger partial charge in [0.25, 0.3) is 5.91 Å². The van der Waals surface area contributed by atoms with Gasteiger partial charge in [0.1, 0.15) is 18.2 Å². The van der Waals surface area contributed by atoms with Gasteiger partial charge in [0.15, 0.2) is 0 Å². The van der Waals surface area contributed by atoms with Crippen molar-refractivity contribution in [1.82, 2.24) is 9.91 Å². The van der Waals surface area contributed by atoms with Crippen LogP contribution in [0.15, 0.2) is 53.6 Å². The highest BCUT2D eigenvalue weighted by atomic mass is 19.1. The molecule has 1 aliphatic heterocycles. The first kappa shape index (κ1) is 20.2. The molecule has 0 bridgehead atoms. The predicted octanol–water partition coefficient (Wildman–Crippen LogP) is 3.90. The van der Waals surface area contributed by atoms with Gasteiger partial charge in [-0.2, -0.15) is 5.10 Å². The number of hydrogen-bond acceptors (Lipinski definition) is 3. The lowest BCUT2D eigenvalue weighted by Crippen LogP contribution is -2.42. The Morgan fingerprint density at radius 1 is 1.10 bits per heavy atom. The molecule has 1 fully saturated rings. The Kier molecular flexibility index (Phi) is 5.61. The number of carbonyl (C=O) groups excluding carboxylic acids is 2. The summed E-state index contributed by atoms with van der Waals surface area (Å²) in [5.41, 5.74) is 1.48. The van der Waals surface area contributed by atoms with E-state index in [-0.39, 0.29) is 30.1 Å². The molecule has 5 nitrogen and oxygen atoms in total. The van der Waals surface area contributed by atoms with Gasteiger partial charge in [-0.25, -0.2) is 13.8 Å². The molecule has 30 heavy (non-hydrogen) atoms. The van der Waals surface area contributed by atoms with Gasteiger partial charge in [-0.15, -0.1) is 0 Å². The normalized spacial score (nSPS) is 18.7. The van der Waals surface area contributed by atoms with Gasteiger partial charge < -0.3 is 4.90 Å². The summed E-state index contributed by atoms with van der Waals surface area (Å²) in [7, 11) is 1.61. The minimum atomic E-state index is -0.486. The smallest absolute Gasteiger partial charge is 0.262 e. The van der Waals surface area contributed by atoms with E-state index in [2.05, 4.69) is 5.10 Å². The molecule has 1 saturated carbocycles. The molecule has 2 aromatic rings. The summed E-state index contributed by atoms with van der Waals surface area (Å²) in [5, 5.41) is 5.72. The molecule has 7 heteroatoms. The minimum Gasteiger partial charge on any atom is -0.336 e. The Labute approximate surface area is 174 Å². The van der Waals surface area contributed by atoms with E-state index in [0.717, 1.165) is 19.3 Å². The van der Waals surface area contributed by atoms with Crippen LogP contribution >= 0.6 is 0 Å². The van der Waals surface area contributed by atoms with Gasteiger partial charge in [0, 0.05) is 24.9 Å². The van der Waals surface area contributed by atoms with E-state index >= 15 is 0 Å². The van der Waals surface area contributed by atoms with Crippen molar-refractivity contribution in [1.29, 1.82) is 0 Å². The molecule has 1 atom stereocenters. The Morgan fingerprint density at radius 3 is 2.43 bits per heavy atom. The first-order valence-corrected chi connectivity index (χ1v) is 10.1. The standard InChI is InChI=1S/C23H23F2N3O2/c1-27(23(30)16-5-4-6-16)14-22(29)28-21(15-9-11-17(24)12-10-15)13-20(26-28)18-7-2-3-8-19(18)25/h2-3,7-12,16,21H,4-6,13-14H2,1H3. The second-order valence-electron chi connectivity index (χ2n) is 7.86. The fourth-order valence-corrected chi connectivity index (χ4v) is 3.86. The van der Waals surface area contributed by atoms with Gasteiger partial charge in [0.05, 0.1) is 11.8 Å². The summed E-state index contributed by atoms with van der Waals surface area (Å²) < 4.78 is 27.7. The van der Waals surface area contributed by atoms with Crippen LogP contribution in [0.4, 0.5) is 8.78 Å². The van der Waals surface area contributed by atoms with Crippen molar-refractivity contribution >= 4 is 17.5 Å². The third-order valence-electron chi connectivity index (χ3n) is 5.81. The van der Waals surface area contributed by atoms with E-state index in [4.69, 9.17) is 0 Å². The summed E-state index contributed by atoms with van der Waals surface area (Å²) in [4.78, 5) is 26.9. The number of nitrogens with zero attached hydrogens (tertiary/aromatic N) is 3. The Balaban J connectivity index is 1.59. The molecule has 156 valence electrons. The first-order chi connectivity index (χ1) is 14.4. The number of amides is 2. The van der Waals surface area contributed by atoms with Crippen molar-refractivity contribution in [2.45, 2.75) is 31.7 Å². The number of hydrazone groups is 1. The van der Waals surface area contributed by atoms with E-state index in [1.807, 2.05) is 0 Å². The zero-order valence-electron chi connectivity index (χ0n) is 16.7. The van der Waals surface area contributed by atoms with E-state index in [9.17, 15) is 18.4 Å². The molecule has 0 aromatic heterocycles. The van der Waals surface area contributed by atoms with Crippen molar-refractivity contribution in [3.63, 3.8) is 0 Å². The largest absolute Gasteiger partial charge is 0.336 e. The molecule has 2 amide bonds. The lowest BCUT2D eigenvalue weighted by Gasteiger charge is -2.30. The van der Waals surface area contributed by atoms with Crippen LogP contribution in [0.3, 0.4) is 0 Å². The average Bonchev–Trinajstić information content (AvgIpc) is 3.12. The van der Waals surface area contributed by atoms with Crippen molar-refractivity contribution in [3.05, 3.63) is 71.3 Å². The number of rotatable bonds is 5. The molecule has 0 saturated heterocycles. The second kappa shape index (κ2) is 8.34. The van der Waals surface area contributed by atoms with E-state index in [1.165, 1.54) is 28.1 Å². The summed E-state index contributed by atoms with van der Waals surface area (Å²) >= 11 is 0. The van der Waals surface area contributed by atoms with Crippen LogP contribution in [-0.4, -0.2) is 41.0 Å². The highest BCUT2D eigenvalue weighted by Gasteiger charge is 2.35. The Hall–Kier alpha value is -3.09. The van der Waals surface area contributed by atoms with Crippen LogP contribution in [0.5, 0.6) is 0 Å². The SMILES string of the molecule is CN(CC(=O)N1N=C(c2ccccc2F)CC1c1ccc(F)cc1)C(=O)C1CCC1. The maximum Gasteiger partial charge on any atom is 0.262 e. The maximum absolute atomic E-state index is 14.3. The number of likely N-dealkylation sites (N-methyl/N-ethyl adjacent to an activating group) is 1. The molecule has 1 heterocycles. The second-order valence-corrected chi connectivity index (χ2v) is 7.86. The van der Waals surface area contributed by atoms with Gasteiger partial charge in [-0.05, 0) is 36.6 Å². The Bertz CT molecular complexity index is 986. The van der Waals surface area contributed by atoms with E-state index in [1.54, 1.807) is 37.4 Å². The predicted molar refractivity (Wildman–Crippen MR) is 109 cm³/mol. The summed E-state index contributed by atoms with van der Waals surface area (Å²) in [6.07, 6.45) is 3.05. The third kappa shape index (κ3) is 3.97. The van der Waals surface area contributed by atoms with Gasteiger partial charge in [0.2, 0.25) is 5.91 Å². The fourth-order valence-electron chi connectivity index (χ4n) is 3.86. The van der Waals surface area contributed by atoms with Crippen molar-refractivity contribution in [2.75, 3.05) is 13.6 Å². The molecule has 2 aromatic carbocycles. The van der Waals surface area contributed by atoms with Crippen molar-refractivity contribution in [3.8, 4) is 0 Å². The first-order valence-electron chi connectivity index (χ1n) is 10.1. The lowest BCUT2D eigenvalue weighted by atomic mass is 9.84. The minimum absolute atomic E-state index is 0.00764. The third-order valence-corrected chi connectivity index (χ3v) is 5.81. The van der Waals surface area contributed by atoms with Gasteiger partial charge >= 0.3 is 0 Å². The van der Waals surface area contributed by atoms with Crippen LogP contribution in [0.1, 0.15) is 42.9 Å². The van der Waals surface area contributed by atoms with Gasteiger partial charge in [-0.1, -0.05) is 36.8 Å². The Morgan fingerprint density at radius 2 is 1.80 bits per heavy atom. The number of hydrogen-bond donors (Lipinski definition) is 0. The topological polar surface area (TPSA) is 53.0 Å². The fraction of sp³-hybridized carbons (Fsp3) is 0.348. The van der Waals surface area contributed by atoms with Crippen LogP contribution in [-0.2, 0) is 9.59 Å². The average molecular weight is 411 g/mol. The van der Waals surface area contributed by atoms with Crippen LogP contribution in [0, 0.1) is 17.6 Å². The monoisotopic (exact) mass is 411 g/mol. The van der Waals surface area contributed by atoms with Crippen LogP contribution in [0.2, 0.25) is 0 Å². The summed E-state index contributed by atoms with van der Waals surface area (Å²) in [5.74, 6) is -1.19. The quantitative estimate of drug-likeness (QED) is 0.749. The zero-order valence-corrected chi connectivity index (χ0v) is 16.7. The molecule has 1 aliphatic carbocycles. The zero-order chi connectivity index (χ0) is 21.3. The molecule has 2 aliphatic rings. The molecule has 4 rings (SSSR count). The van der Waals surface area contributed by atoms with Crippen LogP contribution < -0.4 is 0 Å². The molecular weight excluding hydrogens is 388 g/mol. The molecule has 0 spiro atoms. The summed E-state index contributed by atoms with van der Waals surface area (Å²) in [6.45, 7) is -0.110. The number of carbonyl (C=O) groups is 2. The molecule has 0 N–H and O–H groups in total. The van der Waals surface area contributed by atoms with Crippen LogP contribution in [0.25, 0.3) is 0 Å². The molecule has 1 unspecified atom stereocenters. The van der Waals surface area contributed by atoms with Gasteiger partial charge in [-0.3, -0.25) is 9.59 Å².